The van der Waals surface area contributed by atoms with Gasteiger partial charge in [0.15, 0.2) is 0 Å². The second-order valence-corrected chi connectivity index (χ2v) is 7.00. The number of nitrogens with zero attached hydrogens (tertiary/aromatic N) is 2. The predicted octanol–water partition coefficient (Wildman–Crippen LogP) is 1.70. The van der Waals surface area contributed by atoms with Crippen molar-refractivity contribution in [1.29, 1.82) is 0 Å². The first-order valence-electron chi connectivity index (χ1n) is 8.65. The van der Waals surface area contributed by atoms with E-state index in [1.54, 1.807) is 0 Å². The molecule has 0 radical (unpaired) electrons. The fourth-order valence-electron chi connectivity index (χ4n) is 2.96. The van der Waals surface area contributed by atoms with Crippen LogP contribution in [0.15, 0.2) is 24.3 Å². The van der Waals surface area contributed by atoms with Crippen LogP contribution in [-0.4, -0.2) is 60.4 Å². The summed E-state index contributed by atoms with van der Waals surface area (Å²) in [5.41, 5.74) is 1.02. The molecular weight excluding hydrogens is 326 g/mol. The van der Waals surface area contributed by atoms with E-state index >= 15 is 0 Å². The average molecular weight is 350 g/mol. The standard InChI is InChI=1S/C18H24ClN3O2/c19-16-4-2-1-3-14(16)5-8-18(24)22-11-9-21(10-12-22)13-17(23)20-15-6-7-15/h1-4,15H,5-13H2,(H,20,23). The molecule has 0 aromatic heterocycles. The number of aryl methyl sites for hydroxylation is 1. The number of nitrogens with one attached hydrogen (secondary N) is 1. The minimum absolute atomic E-state index is 0.107. The Morgan fingerprint density at radius 2 is 1.83 bits per heavy atom. The molecule has 1 saturated carbocycles. The van der Waals surface area contributed by atoms with Crippen LogP contribution in [0, 0.1) is 0 Å². The van der Waals surface area contributed by atoms with Crippen LogP contribution in [0.5, 0.6) is 0 Å². The third-order valence-electron chi connectivity index (χ3n) is 4.60. The summed E-state index contributed by atoms with van der Waals surface area (Å²) in [6.07, 6.45) is 3.37. The highest BCUT2D eigenvalue weighted by molar-refractivity contribution is 6.31. The first kappa shape index (κ1) is 17.2. The van der Waals surface area contributed by atoms with Crippen molar-refractivity contribution in [2.75, 3.05) is 32.7 Å². The number of hydrogen-bond acceptors (Lipinski definition) is 3. The molecule has 2 amide bonds. The largest absolute Gasteiger partial charge is 0.352 e. The molecule has 1 heterocycles. The Morgan fingerprint density at radius 3 is 2.50 bits per heavy atom. The summed E-state index contributed by atoms with van der Waals surface area (Å²) < 4.78 is 0. The molecule has 0 unspecified atom stereocenters. The van der Waals surface area contributed by atoms with Crippen LogP contribution >= 0.6 is 11.6 Å². The zero-order valence-corrected chi connectivity index (χ0v) is 14.6. The summed E-state index contributed by atoms with van der Waals surface area (Å²) in [4.78, 5) is 28.2. The van der Waals surface area contributed by atoms with E-state index in [9.17, 15) is 9.59 Å². The Hall–Kier alpha value is -1.59. The molecule has 2 aliphatic rings. The normalized spacial score (nSPS) is 18.5. The van der Waals surface area contributed by atoms with Crippen molar-refractivity contribution >= 4 is 23.4 Å². The first-order chi connectivity index (χ1) is 11.6. The zero-order valence-electron chi connectivity index (χ0n) is 13.8. The van der Waals surface area contributed by atoms with Crippen molar-refractivity contribution in [3.8, 4) is 0 Å². The van der Waals surface area contributed by atoms with Gasteiger partial charge in [-0.15, -0.1) is 0 Å². The number of halogens is 1. The second kappa shape index (κ2) is 7.99. The number of amides is 2. The van der Waals surface area contributed by atoms with Gasteiger partial charge in [0.1, 0.15) is 0 Å². The van der Waals surface area contributed by atoms with Crippen LogP contribution in [0.3, 0.4) is 0 Å². The van der Waals surface area contributed by atoms with E-state index in [0.29, 0.717) is 38.5 Å². The maximum atomic E-state index is 12.4. The molecule has 0 spiro atoms. The number of carbonyl (C=O) groups is 2. The summed E-state index contributed by atoms with van der Waals surface area (Å²) in [5.74, 6) is 0.271. The Balaban J connectivity index is 1.38. The van der Waals surface area contributed by atoms with Gasteiger partial charge < -0.3 is 10.2 Å². The van der Waals surface area contributed by atoms with E-state index in [1.807, 2.05) is 29.2 Å². The van der Waals surface area contributed by atoms with Crippen LogP contribution in [0.1, 0.15) is 24.8 Å². The van der Waals surface area contributed by atoms with Gasteiger partial charge in [-0.05, 0) is 30.9 Å². The van der Waals surface area contributed by atoms with Crippen molar-refractivity contribution in [3.63, 3.8) is 0 Å². The Morgan fingerprint density at radius 1 is 1.12 bits per heavy atom. The van der Waals surface area contributed by atoms with Crippen molar-refractivity contribution in [2.24, 2.45) is 0 Å². The van der Waals surface area contributed by atoms with E-state index in [2.05, 4.69) is 10.2 Å². The van der Waals surface area contributed by atoms with Crippen LogP contribution < -0.4 is 5.32 Å². The predicted molar refractivity (Wildman–Crippen MR) is 94.0 cm³/mol. The lowest BCUT2D eigenvalue weighted by molar-refractivity contribution is -0.133. The highest BCUT2D eigenvalue weighted by Crippen LogP contribution is 2.19. The summed E-state index contributed by atoms with van der Waals surface area (Å²) in [7, 11) is 0. The first-order valence-corrected chi connectivity index (χ1v) is 9.02. The van der Waals surface area contributed by atoms with Crippen molar-refractivity contribution in [2.45, 2.75) is 31.7 Å². The molecule has 3 rings (SSSR count). The number of rotatable bonds is 6. The van der Waals surface area contributed by atoms with Crippen molar-refractivity contribution in [1.82, 2.24) is 15.1 Å². The van der Waals surface area contributed by atoms with Crippen molar-refractivity contribution in [3.05, 3.63) is 34.9 Å². The lowest BCUT2D eigenvalue weighted by atomic mass is 10.1. The SMILES string of the molecule is O=C(CN1CCN(C(=O)CCc2ccccc2Cl)CC1)NC1CC1. The fourth-order valence-corrected chi connectivity index (χ4v) is 3.19. The zero-order chi connectivity index (χ0) is 16.9. The van der Waals surface area contributed by atoms with E-state index in [4.69, 9.17) is 11.6 Å². The van der Waals surface area contributed by atoms with Crippen LogP contribution in [0.4, 0.5) is 0 Å². The minimum Gasteiger partial charge on any atom is -0.352 e. The average Bonchev–Trinajstić information content (AvgIpc) is 3.38. The molecule has 0 bridgehead atoms. The maximum absolute atomic E-state index is 12.4. The molecule has 1 aromatic carbocycles. The minimum atomic E-state index is 0.107. The van der Waals surface area contributed by atoms with E-state index in [0.717, 1.165) is 36.5 Å². The van der Waals surface area contributed by atoms with E-state index in [-0.39, 0.29) is 11.8 Å². The molecule has 5 nitrogen and oxygen atoms in total. The molecule has 1 aliphatic heterocycles. The monoisotopic (exact) mass is 349 g/mol. The summed E-state index contributed by atoms with van der Waals surface area (Å²) in [5, 5.41) is 3.72. The molecule has 130 valence electrons. The number of carbonyl (C=O) groups excluding carboxylic acids is 2. The molecule has 2 fully saturated rings. The Labute approximate surface area is 147 Å². The van der Waals surface area contributed by atoms with Gasteiger partial charge in [0.2, 0.25) is 11.8 Å². The topological polar surface area (TPSA) is 52.7 Å². The maximum Gasteiger partial charge on any atom is 0.234 e. The Bertz CT molecular complexity index is 596. The number of benzene rings is 1. The fraction of sp³-hybridized carbons (Fsp3) is 0.556. The molecule has 24 heavy (non-hydrogen) atoms. The number of piperazine rings is 1. The van der Waals surface area contributed by atoms with Gasteiger partial charge in [-0.2, -0.15) is 0 Å². The molecule has 1 aromatic rings. The molecule has 1 N–H and O–H groups in total. The van der Waals surface area contributed by atoms with Gasteiger partial charge in [-0.3, -0.25) is 14.5 Å². The smallest absolute Gasteiger partial charge is 0.234 e. The summed E-state index contributed by atoms with van der Waals surface area (Å²) >= 11 is 6.13. The van der Waals surface area contributed by atoms with E-state index in [1.165, 1.54) is 0 Å². The van der Waals surface area contributed by atoms with Gasteiger partial charge >= 0.3 is 0 Å². The lowest BCUT2D eigenvalue weighted by Crippen LogP contribution is -2.51. The molecule has 1 saturated heterocycles. The van der Waals surface area contributed by atoms with Gasteiger partial charge in [0.05, 0.1) is 6.54 Å². The second-order valence-electron chi connectivity index (χ2n) is 6.59. The van der Waals surface area contributed by atoms with Gasteiger partial charge in [-0.25, -0.2) is 0 Å². The molecule has 6 heteroatoms. The molecular formula is C18H24ClN3O2. The highest BCUT2D eigenvalue weighted by atomic mass is 35.5. The number of hydrogen-bond donors (Lipinski definition) is 1. The Kier molecular flexibility index (Phi) is 5.74. The van der Waals surface area contributed by atoms with Gasteiger partial charge in [0, 0.05) is 43.7 Å². The molecule has 0 atom stereocenters. The quantitative estimate of drug-likeness (QED) is 0.850. The summed E-state index contributed by atoms with van der Waals surface area (Å²) in [6.45, 7) is 3.35. The lowest BCUT2D eigenvalue weighted by Gasteiger charge is -2.34. The van der Waals surface area contributed by atoms with Gasteiger partial charge in [-0.1, -0.05) is 29.8 Å². The van der Waals surface area contributed by atoms with Crippen LogP contribution in [0.2, 0.25) is 5.02 Å². The van der Waals surface area contributed by atoms with Crippen molar-refractivity contribution < 1.29 is 9.59 Å². The molecule has 1 aliphatic carbocycles. The van der Waals surface area contributed by atoms with Crippen LogP contribution in [0.25, 0.3) is 0 Å². The van der Waals surface area contributed by atoms with E-state index < -0.39 is 0 Å². The van der Waals surface area contributed by atoms with Crippen LogP contribution in [-0.2, 0) is 16.0 Å². The summed E-state index contributed by atoms with van der Waals surface area (Å²) in [6, 6.07) is 8.06. The highest BCUT2D eigenvalue weighted by Gasteiger charge is 2.26. The van der Waals surface area contributed by atoms with Gasteiger partial charge in [0.25, 0.3) is 0 Å². The third-order valence-corrected chi connectivity index (χ3v) is 4.97. The third kappa shape index (κ3) is 4.95.